The van der Waals surface area contributed by atoms with Crippen LogP contribution < -0.4 is 5.32 Å². The van der Waals surface area contributed by atoms with Crippen LogP contribution >= 0.6 is 22.6 Å². The summed E-state index contributed by atoms with van der Waals surface area (Å²) in [4.78, 5) is 8.16. The fraction of sp³-hybridized carbons (Fsp3) is 0.789. The molecule has 1 aromatic heterocycles. The van der Waals surface area contributed by atoms with Crippen LogP contribution in [-0.2, 0) is 24.1 Å². The average Bonchev–Trinajstić information content (AvgIpc) is 2.91. The second kappa shape index (κ2) is 9.36. The molecule has 0 aromatic carbocycles. The van der Waals surface area contributed by atoms with Gasteiger partial charge in [0.1, 0.15) is 5.82 Å². The molecule has 13 heteroatoms. The molecule has 2 N–H and O–H groups in total. The number of aliphatic hydroxyl groups excluding tert-OH is 1. The van der Waals surface area contributed by atoms with Gasteiger partial charge in [-0.1, -0.05) is 20.8 Å². The van der Waals surface area contributed by atoms with Crippen LogP contribution in [0.2, 0.25) is 18.1 Å². The minimum atomic E-state index is -3.63. The first-order valence-electron chi connectivity index (χ1n) is 10.3. The van der Waals surface area contributed by atoms with Crippen LogP contribution in [0.25, 0.3) is 0 Å². The summed E-state index contributed by atoms with van der Waals surface area (Å²) in [5.74, 6) is -0.137. The molecule has 0 saturated heterocycles. The lowest BCUT2D eigenvalue weighted by Gasteiger charge is -2.37. The Balaban J connectivity index is 2.34. The van der Waals surface area contributed by atoms with Gasteiger partial charge in [-0.2, -0.15) is 4.98 Å². The molecule has 0 aliphatic heterocycles. The Morgan fingerprint density at radius 2 is 1.75 bits per heavy atom. The Kier molecular flexibility index (Phi) is 8.16. The van der Waals surface area contributed by atoms with Gasteiger partial charge in [-0.25, -0.2) is 21.8 Å². The third-order valence-electron chi connectivity index (χ3n) is 6.38. The summed E-state index contributed by atoms with van der Waals surface area (Å²) in [5, 5.41) is 12.7. The lowest BCUT2D eigenvalue weighted by atomic mass is 10.1. The van der Waals surface area contributed by atoms with Crippen LogP contribution in [0.15, 0.2) is 5.16 Å². The molecule has 4 atom stereocenters. The van der Waals surface area contributed by atoms with E-state index in [-0.39, 0.29) is 22.6 Å². The molecular weight excluding hydrogens is 585 g/mol. The van der Waals surface area contributed by atoms with Gasteiger partial charge in [-0.05, 0) is 54.1 Å². The van der Waals surface area contributed by atoms with Crippen molar-refractivity contribution < 1.29 is 26.4 Å². The maximum absolute atomic E-state index is 12.5. The summed E-state index contributed by atoms with van der Waals surface area (Å²) in [7, 11) is -9.31. The van der Waals surface area contributed by atoms with Crippen molar-refractivity contribution in [2.45, 2.75) is 74.8 Å². The zero-order chi connectivity index (χ0) is 24.9. The SMILES string of the molecule is Cc1nc(S(C)(=O)=O)nc(N[C@@H]2CC(CO[Si](C)(C)C(C)(C)C)[C@H](S(C)(=O)=O)[C@H]2O)c1I. The number of hydrogen-bond donors (Lipinski definition) is 2. The van der Waals surface area contributed by atoms with Crippen molar-refractivity contribution in [3.05, 3.63) is 9.26 Å². The van der Waals surface area contributed by atoms with Crippen molar-refractivity contribution in [1.29, 1.82) is 0 Å². The van der Waals surface area contributed by atoms with Crippen molar-refractivity contribution in [1.82, 2.24) is 9.97 Å². The molecule has 0 radical (unpaired) electrons. The highest BCUT2D eigenvalue weighted by Crippen LogP contribution is 2.39. The second-order valence-electron chi connectivity index (χ2n) is 10.1. The molecule has 2 rings (SSSR count). The first kappa shape index (κ1) is 27.9. The molecular formula is C19H34IN3O6S2Si. The van der Waals surface area contributed by atoms with Gasteiger partial charge in [-0.3, -0.25) is 0 Å². The van der Waals surface area contributed by atoms with Gasteiger partial charge in [0.25, 0.3) is 0 Å². The van der Waals surface area contributed by atoms with Crippen LogP contribution in [0.1, 0.15) is 32.9 Å². The molecule has 1 unspecified atom stereocenters. The zero-order valence-electron chi connectivity index (χ0n) is 19.8. The van der Waals surface area contributed by atoms with E-state index in [1.165, 1.54) is 0 Å². The molecule has 1 aliphatic rings. The predicted molar refractivity (Wildman–Crippen MR) is 136 cm³/mol. The van der Waals surface area contributed by atoms with E-state index in [4.69, 9.17) is 4.43 Å². The summed E-state index contributed by atoms with van der Waals surface area (Å²) in [5.41, 5.74) is 0.480. The molecule has 1 saturated carbocycles. The molecule has 0 spiro atoms. The Bertz CT molecular complexity index is 1070. The van der Waals surface area contributed by atoms with E-state index in [2.05, 4.69) is 49.1 Å². The van der Waals surface area contributed by atoms with Crippen LogP contribution in [-0.4, -0.2) is 76.7 Å². The third-order valence-corrected chi connectivity index (χ3v) is 14.7. The first-order valence-corrected chi connectivity index (χ1v) is 18.1. The lowest BCUT2D eigenvalue weighted by molar-refractivity contribution is 0.161. The highest BCUT2D eigenvalue weighted by Gasteiger charge is 2.49. The average molecular weight is 620 g/mol. The van der Waals surface area contributed by atoms with E-state index in [9.17, 15) is 21.9 Å². The molecule has 1 aliphatic carbocycles. The van der Waals surface area contributed by atoms with Gasteiger partial charge >= 0.3 is 0 Å². The van der Waals surface area contributed by atoms with Crippen LogP contribution in [0.3, 0.4) is 0 Å². The fourth-order valence-electron chi connectivity index (χ4n) is 3.52. The van der Waals surface area contributed by atoms with Gasteiger partial charge in [0.05, 0.1) is 26.7 Å². The smallest absolute Gasteiger partial charge is 0.249 e. The summed E-state index contributed by atoms with van der Waals surface area (Å²) in [6, 6.07) is -0.627. The predicted octanol–water partition coefficient (Wildman–Crippen LogP) is 2.39. The number of aryl methyl sites for hydroxylation is 1. The Hall–Kier alpha value is -0.353. The topological polar surface area (TPSA) is 136 Å². The van der Waals surface area contributed by atoms with Crippen LogP contribution in [0.5, 0.6) is 0 Å². The highest BCUT2D eigenvalue weighted by atomic mass is 127. The molecule has 9 nitrogen and oxygen atoms in total. The van der Waals surface area contributed by atoms with Crippen molar-refractivity contribution in [2.75, 3.05) is 24.4 Å². The van der Waals surface area contributed by atoms with Crippen molar-refractivity contribution >= 4 is 56.4 Å². The number of aromatic nitrogens is 2. The molecule has 1 fully saturated rings. The Morgan fingerprint density at radius 3 is 2.22 bits per heavy atom. The highest BCUT2D eigenvalue weighted by molar-refractivity contribution is 14.1. The van der Waals surface area contributed by atoms with E-state index in [1.54, 1.807) is 6.92 Å². The molecule has 1 aromatic rings. The van der Waals surface area contributed by atoms with E-state index in [1.807, 2.05) is 22.6 Å². The fourth-order valence-corrected chi connectivity index (χ4v) is 7.13. The van der Waals surface area contributed by atoms with Gasteiger partial charge < -0.3 is 14.8 Å². The summed E-state index contributed by atoms with van der Waals surface area (Å²) in [6.07, 6.45) is 1.31. The number of anilines is 1. The quantitative estimate of drug-likeness (QED) is 0.268. The Morgan fingerprint density at radius 1 is 1.19 bits per heavy atom. The van der Waals surface area contributed by atoms with E-state index >= 15 is 0 Å². The summed E-state index contributed by atoms with van der Waals surface area (Å²) < 4.78 is 55.9. The van der Waals surface area contributed by atoms with Crippen LogP contribution in [0, 0.1) is 16.4 Å². The number of nitrogens with one attached hydrogen (secondary N) is 1. The first-order chi connectivity index (χ1) is 14.3. The lowest BCUT2D eigenvalue weighted by Crippen LogP contribution is -2.44. The molecule has 0 bridgehead atoms. The van der Waals surface area contributed by atoms with E-state index < -0.39 is 51.3 Å². The monoisotopic (exact) mass is 619 g/mol. The number of sulfone groups is 2. The minimum absolute atomic E-state index is 0.0287. The Labute approximate surface area is 206 Å². The number of rotatable bonds is 7. The molecule has 32 heavy (non-hydrogen) atoms. The maximum atomic E-state index is 12.5. The maximum Gasteiger partial charge on any atom is 0.249 e. The zero-order valence-corrected chi connectivity index (χ0v) is 24.6. The van der Waals surface area contributed by atoms with Crippen molar-refractivity contribution in [3.63, 3.8) is 0 Å². The third kappa shape index (κ3) is 6.20. The number of nitrogens with zero attached hydrogens (tertiary/aromatic N) is 2. The van der Waals surface area contributed by atoms with Gasteiger partial charge in [0.15, 0.2) is 18.2 Å². The number of halogens is 1. The summed E-state index contributed by atoms with van der Waals surface area (Å²) >= 11 is 2.00. The largest absolute Gasteiger partial charge is 0.417 e. The van der Waals surface area contributed by atoms with E-state index in [0.29, 0.717) is 15.7 Å². The molecule has 184 valence electrons. The number of aliphatic hydroxyl groups is 1. The minimum Gasteiger partial charge on any atom is -0.417 e. The second-order valence-corrected chi connectivity index (χ2v) is 20.1. The van der Waals surface area contributed by atoms with Crippen molar-refractivity contribution in [3.8, 4) is 0 Å². The summed E-state index contributed by atoms with van der Waals surface area (Å²) in [6.45, 7) is 12.4. The van der Waals surface area contributed by atoms with Gasteiger partial charge in [0.2, 0.25) is 15.0 Å². The molecule has 1 heterocycles. The number of hydrogen-bond acceptors (Lipinski definition) is 9. The van der Waals surface area contributed by atoms with Crippen molar-refractivity contribution in [2.24, 2.45) is 5.92 Å². The van der Waals surface area contributed by atoms with Gasteiger partial charge in [-0.15, -0.1) is 0 Å². The standard InChI is InChI=1S/C19H34IN3O6S2Si/c1-11-14(20)17(23-18(21-11)31(6,27)28)22-13-9-12(16(15(13)24)30(5,25)26)10-29-32(7,8)19(2,3)4/h12-13,15-16,24H,9-10H2,1-8H3,(H,21,22,23)/t12?,13-,15+,16+/m1/s1. The normalized spacial score (nSPS) is 25.2. The van der Waals surface area contributed by atoms with Gasteiger partial charge in [0, 0.05) is 25.0 Å². The van der Waals surface area contributed by atoms with Crippen LogP contribution in [0.4, 0.5) is 5.82 Å². The van der Waals surface area contributed by atoms with E-state index in [0.717, 1.165) is 12.5 Å². The molecule has 0 amide bonds.